The summed E-state index contributed by atoms with van der Waals surface area (Å²) in [5, 5.41) is 11.9. The minimum atomic E-state index is -0.253. The van der Waals surface area contributed by atoms with Crippen LogP contribution in [0.4, 0.5) is 4.39 Å². The number of amides is 1. The maximum atomic E-state index is 13.1. The molecule has 2 aromatic rings. The molecule has 0 radical (unpaired) electrons. The Morgan fingerprint density at radius 1 is 1.12 bits per heavy atom. The normalized spacial score (nSPS) is 28.0. The van der Waals surface area contributed by atoms with Gasteiger partial charge in [0.05, 0.1) is 18.2 Å². The van der Waals surface area contributed by atoms with Gasteiger partial charge in [0, 0.05) is 25.3 Å². The lowest BCUT2D eigenvalue weighted by atomic mass is 9.75. The summed E-state index contributed by atoms with van der Waals surface area (Å²) in [6, 6.07) is 6.75. The summed E-state index contributed by atoms with van der Waals surface area (Å²) in [5.41, 5.74) is 2.06. The first-order chi connectivity index (χ1) is 15.6. The summed E-state index contributed by atoms with van der Waals surface area (Å²) < 4.78 is 15.1. The Bertz CT molecular complexity index is 907. The highest BCUT2D eigenvalue weighted by Gasteiger charge is 2.43. The van der Waals surface area contributed by atoms with Crippen LogP contribution in [-0.2, 0) is 24.3 Å². The smallest absolute Gasteiger partial charge is 0.224 e. The second-order valence-electron chi connectivity index (χ2n) is 10.0. The van der Waals surface area contributed by atoms with E-state index in [-0.39, 0.29) is 17.6 Å². The average molecular weight is 440 g/mol. The number of carbonyl (C=O) groups is 1. The van der Waals surface area contributed by atoms with Gasteiger partial charge in [-0.2, -0.15) is 0 Å². The molecule has 6 rings (SSSR count). The Kier molecular flexibility index (Phi) is 6.53. The van der Waals surface area contributed by atoms with Crippen LogP contribution in [0.3, 0.4) is 0 Å². The Labute approximate surface area is 189 Å². The number of fused-ring (bicyclic) bond motifs is 3. The van der Waals surface area contributed by atoms with Crippen LogP contribution in [0, 0.1) is 23.6 Å². The highest BCUT2D eigenvalue weighted by atomic mass is 19.1. The van der Waals surface area contributed by atoms with E-state index in [9.17, 15) is 9.18 Å². The molecule has 2 bridgehead atoms. The Balaban J connectivity index is 1.12. The zero-order valence-corrected chi connectivity index (χ0v) is 18.8. The van der Waals surface area contributed by atoms with E-state index in [0.717, 1.165) is 56.1 Å². The molecule has 4 fully saturated rings. The van der Waals surface area contributed by atoms with Crippen LogP contribution in [0.15, 0.2) is 30.5 Å². The molecule has 1 aliphatic carbocycles. The molecule has 1 unspecified atom stereocenters. The van der Waals surface area contributed by atoms with Crippen molar-refractivity contribution >= 4 is 5.91 Å². The maximum Gasteiger partial charge on any atom is 0.224 e. The standard InChI is InChI=1S/C25H34FN5O/c26-21-8-6-19(7-9-21)14-27-25(32)24-17-30-11-10-20(24)13-23(30)16-31-15-22(28-29-31)12-18-4-2-1-3-5-18/h6-9,15,18,20,23-24H,1-5,10-14,16-17H2,(H,27,32)/t20-,23+,24+/m0/s1. The molecule has 6 nitrogen and oxygen atoms in total. The molecule has 3 aliphatic heterocycles. The number of hydrogen-bond donors (Lipinski definition) is 1. The Morgan fingerprint density at radius 2 is 1.94 bits per heavy atom. The second-order valence-corrected chi connectivity index (χ2v) is 10.0. The minimum Gasteiger partial charge on any atom is -0.352 e. The van der Waals surface area contributed by atoms with Gasteiger partial charge in [-0.25, -0.2) is 4.39 Å². The second kappa shape index (κ2) is 9.69. The third-order valence-electron chi connectivity index (χ3n) is 7.80. The van der Waals surface area contributed by atoms with Gasteiger partial charge in [-0.05, 0) is 55.3 Å². The van der Waals surface area contributed by atoms with E-state index in [4.69, 9.17) is 0 Å². The van der Waals surface area contributed by atoms with Crippen LogP contribution in [0.2, 0.25) is 0 Å². The van der Waals surface area contributed by atoms with Gasteiger partial charge in [-0.15, -0.1) is 5.10 Å². The molecule has 3 saturated heterocycles. The van der Waals surface area contributed by atoms with E-state index < -0.39 is 0 Å². The summed E-state index contributed by atoms with van der Waals surface area (Å²) in [5.74, 6) is 1.11. The van der Waals surface area contributed by atoms with E-state index >= 15 is 0 Å². The molecule has 1 saturated carbocycles. The number of nitrogens with zero attached hydrogens (tertiary/aromatic N) is 4. The molecule has 7 heteroatoms. The lowest BCUT2D eigenvalue weighted by Gasteiger charge is -2.49. The number of rotatable bonds is 7. The summed E-state index contributed by atoms with van der Waals surface area (Å²) in [6.07, 6.45) is 12.1. The van der Waals surface area contributed by atoms with Gasteiger partial charge in [-0.3, -0.25) is 14.4 Å². The van der Waals surface area contributed by atoms with Crippen molar-refractivity contribution in [2.24, 2.45) is 17.8 Å². The summed E-state index contributed by atoms with van der Waals surface area (Å²) in [7, 11) is 0. The molecule has 1 N–H and O–H groups in total. The zero-order chi connectivity index (χ0) is 21.9. The maximum absolute atomic E-state index is 13.1. The van der Waals surface area contributed by atoms with Crippen LogP contribution in [0.1, 0.15) is 56.2 Å². The molecule has 4 atom stereocenters. The molecule has 4 heterocycles. The SMILES string of the molecule is O=C(NCc1ccc(F)cc1)[C@@H]1CN2CC[C@H]1C[C@@H]2Cn1cc(CC2CCCCC2)nn1. The van der Waals surface area contributed by atoms with Crippen LogP contribution >= 0.6 is 0 Å². The fourth-order valence-electron chi connectivity index (χ4n) is 5.97. The molecular formula is C25H34FN5O. The number of aromatic nitrogens is 3. The van der Waals surface area contributed by atoms with E-state index in [0.29, 0.717) is 18.5 Å². The van der Waals surface area contributed by atoms with E-state index in [1.165, 1.54) is 44.2 Å². The fourth-order valence-corrected chi connectivity index (χ4v) is 5.97. The predicted molar refractivity (Wildman–Crippen MR) is 120 cm³/mol. The van der Waals surface area contributed by atoms with Crippen molar-refractivity contribution in [1.82, 2.24) is 25.2 Å². The van der Waals surface area contributed by atoms with Crippen LogP contribution in [0.25, 0.3) is 0 Å². The van der Waals surface area contributed by atoms with Gasteiger partial charge < -0.3 is 5.32 Å². The third-order valence-corrected chi connectivity index (χ3v) is 7.80. The molecule has 1 aromatic carbocycles. The lowest BCUT2D eigenvalue weighted by molar-refractivity contribution is -0.133. The lowest BCUT2D eigenvalue weighted by Crippen LogP contribution is -2.58. The van der Waals surface area contributed by atoms with Crippen molar-refractivity contribution in [3.8, 4) is 0 Å². The number of benzene rings is 1. The van der Waals surface area contributed by atoms with Crippen molar-refractivity contribution in [1.29, 1.82) is 0 Å². The third kappa shape index (κ3) is 5.03. The van der Waals surface area contributed by atoms with Gasteiger partial charge in [0.2, 0.25) is 5.91 Å². The van der Waals surface area contributed by atoms with Gasteiger partial charge in [0.15, 0.2) is 0 Å². The molecule has 4 aliphatic rings. The Morgan fingerprint density at radius 3 is 2.69 bits per heavy atom. The molecular weight excluding hydrogens is 405 g/mol. The van der Waals surface area contributed by atoms with Gasteiger partial charge >= 0.3 is 0 Å². The molecule has 1 aromatic heterocycles. The summed E-state index contributed by atoms with van der Waals surface area (Å²) in [4.78, 5) is 15.3. The van der Waals surface area contributed by atoms with Gasteiger partial charge in [0.1, 0.15) is 5.82 Å². The molecule has 0 spiro atoms. The monoisotopic (exact) mass is 439 g/mol. The largest absolute Gasteiger partial charge is 0.352 e. The molecule has 32 heavy (non-hydrogen) atoms. The van der Waals surface area contributed by atoms with Crippen molar-refractivity contribution < 1.29 is 9.18 Å². The van der Waals surface area contributed by atoms with Crippen molar-refractivity contribution in [2.75, 3.05) is 13.1 Å². The van der Waals surface area contributed by atoms with E-state index in [1.807, 2.05) is 4.68 Å². The van der Waals surface area contributed by atoms with Crippen LogP contribution in [-0.4, -0.2) is 44.9 Å². The summed E-state index contributed by atoms with van der Waals surface area (Å²) >= 11 is 0. The number of nitrogens with one attached hydrogen (secondary N) is 1. The average Bonchev–Trinajstić information content (AvgIpc) is 3.26. The highest BCUT2D eigenvalue weighted by molar-refractivity contribution is 5.79. The summed E-state index contributed by atoms with van der Waals surface area (Å²) in [6.45, 7) is 3.18. The first-order valence-electron chi connectivity index (χ1n) is 12.3. The number of carbonyl (C=O) groups excluding carboxylic acids is 1. The Hall–Kier alpha value is -2.28. The minimum absolute atomic E-state index is 0.0399. The molecule has 172 valence electrons. The van der Waals surface area contributed by atoms with Crippen molar-refractivity contribution in [2.45, 2.75) is 70.5 Å². The first-order valence-corrected chi connectivity index (χ1v) is 12.3. The zero-order valence-electron chi connectivity index (χ0n) is 18.8. The topological polar surface area (TPSA) is 63.1 Å². The van der Waals surface area contributed by atoms with Crippen molar-refractivity contribution in [3.63, 3.8) is 0 Å². The van der Waals surface area contributed by atoms with Crippen LogP contribution < -0.4 is 5.32 Å². The first kappa shape index (κ1) is 21.6. The van der Waals surface area contributed by atoms with Crippen LogP contribution in [0.5, 0.6) is 0 Å². The van der Waals surface area contributed by atoms with Gasteiger partial charge in [-0.1, -0.05) is 49.5 Å². The number of piperidine rings is 3. The highest BCUT2D eigenvalue weighted by Crippen LogP contribution is 2.37. The number of halogens is 1. The van der Waals surface area contributed by atoms with Gasteiger partial charge in [0.25, 0.3) is 0 Å². The van der Waals surface area contributed by atoms with E-state index in [2.05, 4.69) is 26.7 Å². The van der Waals surface area contributed by atoms with E-state index in [1.54, 1.807) is 12.1 Å². The number of hydrogen-bond acceptors (Lipinski definition) is 4. The molecule has 1 amide bonds. The fraction of sp³-hybridized carbons (Fsp3) is 0.640. The van der Waals surface area contributed by atoms with Crippen molar-refractivity contribution in [3.05, 3.63) is 47.5 Å². The quantitative estimate of drug-likeness (QED) is 0.717. The predicted octanol–water partition coefficient (Wildman–Crippen LogP) is 3.57.